The lowest BCUT2D eigenvalue weighted by Crippen LogP contribution is -2.28. The molecule has 0 bridgehead atoms. The third-order valence-electron chi connectivity index (χ3n) is 4.74. The summed E-state index contributed by atoms with van der Waals surface area (Å²) in [4.78, 5) is 31.0. The highest BCUT2D eigenvalue weighted by atomic mass is 32.1. The molecule has 1 fully saturated rings. The molecule has 1 aromatic heterocycles. The van der Waals surface area contributed by atoms with Gasteiger partial charge in [-0.3, -0.25) is 9.59 Å². The van der Waals surface area contributed by atoms with Gasteiger partial charge in [0.1, 0.15) is 5.75 Å². The van der Waals surface area contributed by atoms with Crippen LogP contribution in [0.15, 0.2) is 48.0 Å². The fourth-order valence-corrected chi connectivity index (χ4v) is 3.98. The van der Waals surface area contributed by atoms with Crippen LogP contribution in [0.3, 0.4) is 0 Å². The number of nitrogens with one attached hydrogen (secondary N) is 1. The van der Waals surface area contributed by atoms with Crippen LogP contribution >= 0.6 is 11.3 Å². The number of anilines is 1. The van der Waals surface area contributed by atoms with Gasteiger partial charge in [0.15, 0.2) is 0 Å². The molecule has 27 heavy (non-hydrogen) atoms. The number of fused-ring (bicyclic) bond motifs is 1. The van der Waals surface area contributed by atoms with Crippen LogP contribution in [-0.4, -0.2) is 35.4 Å². The van der Waals surface area contributed by atoms with Crippen molar-refractivity contribution in [3.8, 4) is 5.75 Å². The van der Waals surface area contributed by atoms with Gasteiger partial charge in [-0.2, -0.15) is 0 Å². The quantitative estimate of drug-likeness (QED) is 0.736. The molecule has 1 saturated heterocycles. The zero-order chi connectivity index (χ0) is 18.8. The number of para-hydroxylation sites is 1. The fraction of sp³-hybridized carbons (Fsp3) is 0.250. The molecule has 1 atom stereocenters. The fourth-order valence-electron chi connectivity index (χ4n) is 3.32. The molecule has 138 valence electrons. The first-order chi connectivity index (χ1) is 13.1. The average molecular weight is 381 g/mol. The zero-order valence-corrected chi connectivity index (χ0v) is 15.7. The maximum atomic E-state index is 12.6. The second-order valence-electron chi connectivity index (χ2n) is 6.51. The van der Waals surface area contributed by atoms with Crippen molar-refractivity contribution in [2.24, 2.45) is 5.92 Å². The van der Waals surface area contributed by atoms with Crippen molar-refractivity contribution in [1.29, 1.82) is 0 Å². The zero-order valence-electron chi connectivity index (χ0n) is 14.8. The second kappa shape index (κ2) is 7.36. The van der Waals surface area contributed by atoms with E-state index in [1.54, 1.807) is 28.9 Å². The monoisotopic (exact) mass is 381 g/mol. The minimum absolute atomic E-state index is 0.0176. The smallest absolute Gasteiger partial charge is 0.229 e. The van der Waals surface area contributed by atoms with Gasteiger partial charge in [0, 0.05) is 30.8 Å². The van der Waals surface area contributed by atoms with Crippen molar-refractivity contribution in [3.05, 3.63) is 53.5 Å². The van der Waals surface area contributed by atoms with Crippen molar-refractivity contribution in [2.75, 3.05) is 19.0 Å². The predicted molar refractivity (Wildman–Crippen MR) is 105 cm³/mol. The molecule has 1 aliphatic rings. The minimum Gasteiger partial charge on any atom is -0.496 e. The number of methoxy groups -OCH3 is 1. The van der Waals surface area contributed by atoms with Gasteiger partial charge >= 0.3 is 0 Å². The first-order valence-electron chi connectivity index (χ1n) is 8.68. The molecule has 4 rings (SSSR count). The Labute approximate surface area is 160 Å². The molecule has 1 unspecified atom stereocenters. The van der Waals surface area contributed by atoms with E-state index in [0.29, 0.717) is 18.8 Å². The normalized spacial score (nSPS) is 16.7. The first kappa shape index (κ1) is 17.5. The molecule has 2 aromatic carbocycles. The number of carbonyl (C=O) groups is 2. The van der Waals surface area contributed by atoms with E-state index in [9.17, 15) is 9.59 Å². The first-order valence-corrected chi connectivity index (χ1v) is 9.56. The molecule has 3 aromatic rings. The molecule has 0 saturated carbocycles. The van der Waals surface area contributed by atoms with Crippen LogP contribution in [0.25, 0.3) is 10.2 Å². The van der Waals surface area contributed by atoms with Gasteiger partial charge in [0.2, 0.25) is 11.8 Å². The van der Waals surface area contributed by atoms with E-state index in [4.69, 9.17) is 4.74 Å². The Morgan fingerprint density at radius 3 is 3.04 bits per heavy atom. The van der Waals surface area contributed by atoms with Crippen LogP contribution in [0.2, 0.25) is 0 Å². The molecule has 0 spiro atoms. The topological polar surface area (TPSA) is 71.5 Å². The summed E-state index contributed by atoms with van der Waals surface area (Å²) in [6, 6.07) is 13.3. The number of nitrogens with zero attached hydrogens (tertiary/aromatic N) is 2. The standard InChI is InChI=1S/C20H19N3O3S/c1-26-17-5-3-2-4-13(17)10-23-11-14(8-19(23)24)20(25)22-15-6-7-18-16(9-15)21-12-27-18/h2-7,9,12,14H,8,10-11H2,1H3,(H,22,25). The lowest BCUT2D eigenvalue weighted by Gasteiger charge is -2.18. The SMILES string of the molecule is COc1ccccc1CN1CC(C(=O)Nc2ccc3scnc3c2)CC1=O. The second-order valence-corrected chi connectivity index (χ2v) is 7.40. The number of likely N-dealkylation sites (tertiary alicyclic amines) is 1. The lowest BCUT2D eigenvalue weighted by molar-refractivity contribution is -0.128. The van der Waals surface area contributed by atoms with Gasteiger partial charge in [-0.05, 0) is 24.3 Å². The van der Waals surface area contributed by atoms with Crippen LogP contribution in [0.1, 0.15) is 12.0 Å². The highest BCUT2D eigenvalue weighted by molar-refractivity contribution is 7.16. The van der Waals surface area contributed by atoms with Crippen LogP contribution in [-0.2, 0) is 16.1 Å². The Kier molecular flexibility index (Phi) is 4.77. The number of hydrogen-bond donors (Lipinski definition) is 1. The minimum atomic E-state index is -0.363. The molecule has 6 nitrogen and oxygen atoms in total. The number of amides is 2. The number of benzene rings is 2. The summed E-state index contributed by atoms with van der Waals surface area (Å²) >= 11 is 1.56. The van der Waals surface area contributed by atoms with Crippen LogP contribution in [0.4, 0.5) is 5.69 Å². The van der Waals surface area contributed by atoms with Gasteiger partial charge in [-0.1, -0.05) is 18.2 Å². The van der Waals surface area contributed by atoms with Crippen LogP contribution < -0.4 is 10.1 Å². The van der Waals surface area contributed by atoms with E-state index in [-0.39, 0.29) is 24.2 Å². The summed E-state index contributed by atoms with van der Waals surface area (Å²) in [5.74, 6) is 0.226. The van der Waals surface area contributed by atoms with Gasteiger partial charge in [0.05, 0.1) is 28.8 Å². The highest BCUT2D eigenvalue weighted by Gasteiger charge is 2.34. The van der Waals surface area contributed by atoms with Gasteiger partial charge in [-0.15, -0.1) is 11.3 Å². The number of rotatable bonds is 5. The molecule has 1 N–H and O–H groups in total. The third kappa shape index (κ3) is 3.64. The summed E-state index contributed by atoms with van der Waals surface area (Å²) in [5, 5.41) is 2.92. The Morgan fingerprint density at radius 1 is 1.33 bits per heavy atom. The van der Waals surface area contributed by atoms with Gasteiger partial charge in [0.25, 0.3) is 0 Å². The Hall–Kier alpha value is -2.93. The molecular formula is C20H19N3O3S. The number of aromatic nitrogens is 1. The molecule has 0 radical (unpaired) electrons. The molecular weight excluding hydrogens is 362 g/mol. The Balaban J connectivity index is 1.42. The summed E-state index contributed by atoms with van der Waals surface area (Å²) in [7, 11) is 1.61. The molecule has 1 aliphatic heterocycles. The van der Waals surface area contributed by atoms with E-state index in [1.807, 2.05) is 42.5 Å². The third-order valence-corrected chi connectivity index (χ3v) is 5.55. The molecule has 2 heterocycles. The molecule has 2 amide bonds. The highest BCUT2D eigenvalue weighted by Crippen LogP contribution is 2.26. The Morgan fingerprint density at radius 2 is 2.19 bits per heavy atom. The summed E-state index contributed by atoms with van der Waals surface area (Å²) in [6.45, 7) is 0.846. The summed E-state index contributed by atoms with van der Waals surface area (Å²) in [5.41, 5.74) is 4.28. The predicted octanol–water partition coefficient (Wildman–Crippen LogP) is 3.29. The van der Waals surface area contributed by atoms with E-state index < -0.39 is 0 Å². The van der Waals surface area contributed by atoms with Crippen molar-refractivity contribution in [1.82, 2.24) is 9.88 Å². The molecule has 0 aliphatic carbocycles. The maximum Gasteiger partial charge on any atom is 0.229 e. The van der Waals surface area contributed by atoms with Crippen LogP contribution in [0, 0.1) is 5.92 Å². The van der Waals surface area contributed by atoms with E-state index in [2.05, 4.69) is 10.3 Å². The summed E-state index contributed by atoms with van der Waals surface area (Å²) in [6.07, 6.45) is 0.222. The van der Waals surface area contributed by atoms with Crippen molar-refractivity contribution in [3.63, 3.8) is 0 Å². The number of ether oxygens (including phenoxy) is 1. The largest absolute Gasteiger partial charge is 0.496 e. The van der Waals surface area contributed by atoms with Crippen molar-refractivity contribution >= 4 is 39.1 Å². The van der Waals surface area contributed by atoms with Crippen molar-refractivity contribution in [2.45, 2.75) is 13.0 Å². The van der Waals surface area contributed by atoms with Gasteiger partial charge in [-0.25, -0.2) is 4.98 Å². The molecule has 7 heteroatoms. The van der Waals surface area contributed by atoms with Crippen LogP contribution in [0.5, 0.6) is 5.75 Å². The maximum absolute atomic E-state index is 12.6. The van der Waals surface area contributed by atoms with Gasteiger partial charge < -0.3 is 15.0 Å². The Bertz CT molecular complexity index is 1000. The summed E-state index contributed by atoms with van der Waals surface area (Å²) < 4.78 is 6.43. The van der Waals surface area contributed by atoms with Crippen molar-refractivity contribution < 1.29 is 14.3 Å². The van der Waals surface area contributed by atoms with E-state index >= 15 is 0 Å². The number of hydrogen-bond acceptors (Lipinski definition) is 5. The lowest BCUT2D eigenvalue weighted by atomic mass is 10.1. The average Bonchev–Trinajstić information content (AvgIpc) is 3.28. The van der Waals surface area contributed by atoms with E-state index in [0.717, 1.165) is 21.5 Å². The van der Waals surface area contributed by atoms with E-state index in [1.165, 1.54) is 0 Å². The number of thiazole rings is 1. The number of carbonyl (C=O) groups excluding carboxylic acids is 2.